The number of rotatable bonds is 3. The predicted octanol–water partition coefficient (Wildman–Crippen LogP) is 1.43. The summed E-state index contributed by atoms with van der Waals surface area (Å²) in [4.78, 5) is 33.7. The minimum absolute atomic E-state index is 0.204. The fourth-order valence-corrected chi connectivity index (χ4v) is 2.83. The van der Waals surface area contributed by atoms with E-state index in [4.69, 9.17) is 0 Å². The number of aryl methyl sites for hydroxylation is 2. The Bertz CT molecular complexity index is 538. The Morgan fingerprint density at radius 1 is 1.30 bits per heavy atom. The van der Waals surface area contributed by atoms with Gasteiger partial charge in [-0.25, -0.2) is 14.8 Å². The highest BCUT2D eigenvalue weighted by Crippen LogP contribution is 2.23. The van der Waals surface area contributed by atoms with Gasteiger partial charge in [0, 0.05) is 24.5 Å². The molecule has 108 valence electrons. The molecule has 0 aliphatic carbocycles. The number of imide groups is 1. The van der Waals surface area contributed by atoms with Crippen LogP contribution in [0.15, 0.2) is 5.16 Å². The molecule has 1 aromatic rings. The van der Waals surface area contributed by atoms with Crippen molar-refractivity contribution >= 4 is 23.7 Å². The summed E-state index contributed by atoms with van der Waals surface area (Å²) in [5, 5.41) is 2.81. The monoisotopic (exact) mass is 294 g/mol. The van der Waals surface area contributed by atoms with Crippen molar-refractivity contribution in [3.05, 3.63) is 17.0 Å². The topological polar surface area (TPSA) is 75.2 Å². The molecule has 1 saturated heterocycles. The molecule has 1 aliphatic rings. The molecular formula is C13H18N4O2S. The van der Waals surface area contributed by atoms with Crippen molar-refractivity contribution in [2.75, 3.05) is 13.1 Å². The van der Waals surface area contributed by atoms with Crippen LogP contribution in [-0.4, -0.2) is 45.1 Å². The molecule has 0 spiro atoms. The van der Waals surface area contributed by atoms with Crippen LogP contribution in [0.25, 0.3) is 0 Å². The van der Waals surface area contributed by atoms with Gasteiger partial charge in [-0.1, -0.05) is 11.8 Å². The summed E-state index contributed by atoms with van der Waals surface area (Å²) in [6, 6.07) is -0.320. The van der Waals surface area contributed by atoms with Gasteiger partial charge in [0.2, 0.25) is 5.91 Å². The largest absolute Gasteiger partial charge is 0.336 e. The second-order valence-corrected chi connectivity index (χ2v) is 6.09. The first-order chi connectivity index (χ1) is 9.40. The maximum Gasteiger partial charge on any atom is 0.324 e. The molecule has 6 nitrogen and oxygen atoms in total. The Morgan fingerprint density at radius 3 is 2.40 bits per heavy atom. The average molecular weight is 294 g/mol. The molecular weight excluding hydrogens is 276 g/mol. The van der Waals surface area contributed by atoms with Crippen LogP contribution in [0.4, 0.5) is 4.79 Å². The zero-order valence-corrected chi connectivity index (χ0v) is 12.9. The molecule has 0 saturated carbocycles. The normalized spacial score (nSPS) is 16.2. The van der Waals surface area contributed by atoms with Gasteiger partial charge in [-0.05, 0) is 33.3 Å². The van der Waals surface area contributed by atoms with Gasteiger partial charge in [0.15, 0.2) is 5.16 Å². The van der Waals surface area contributed by atoms with Gasteiger partial charge in [0.25, 0.3) is 0 Å². The number of hydrogen-bond donors (Lipinski definition) is 1. The number of thioether (sulfide) groups is 1. The van der Waals surface area contributed by atoms with Gasteiger partial charge in [-0.15, -0.1) is 0 Å². The lowest BCUT2D eigenvalue weighted by molar-refractivity contribution is -0.126. The zero-order chi connectivity index (χ0) is 14.9. The van der Waals surface area contributed by atoms with E-state index >= 15 is 0 Å². The van der Waals surface area contributed by atoms with Crippen molar-refractivity contribution in [2.45, 2.75) is 38.1 Å². The highest BCUT2D eigenvalue weighted by molar-refractivity contribution is 8.00. The van der Waals surface area contributed by atoms with Gasteiger partial charge in [0.1, 0.15) is 0 Å². The lowest BCUT2D eigenvalue weighted by atomic mass is 10.2. The van der Waals surface area contributed by atoms with E-state index in [0.717, 1.165) is 17.0 Å². The summed E-state index contributed by atoms with van der Waals surface area (Å²) in [5.41, 5.74) is 2.89. The van der Waals surface area contributed by atoms with Gasteiger partial charge in [0.05, 0.1) is 5.25 Å². The first-order valence-corrected chi connectivity index (χ1v) is 7.36. The second kappa shape index (κ2) is 5.78. The first kappa shape index (κ1) is 14.8. The van der Waals surface area contributed by atoms with Crippen LogP contribution in [0, 0.1) is 20.8 Å². The molecule has 0 aromatic carbocycles. The molecule has 0 bridgehead atoms. The number of urea groups is 1. The molecule has 7 heteroatoms. The van der Waals surface area contributed by atoms with Gasteiger partial charge >= 0.3 is 6.03 Å². The van der Waals surface area contributed by atoms with Crippen molar-refractivity contribution in [3.8, 4) is 0 Å². The maximum absolute atomic E-state index is 12.2. The summed E-state index contributed by atoms with van der Waals surface area (Å²) < 4.78 is 0. The predicted molar refractivity (Wildman–Crippen MR) is 76.7 cm³/mol. The molecule has 0 unspecified atom stereocenters. The Labute approximate surface area is 122 Å². The fraction of sp³-hybridized carbons (Fsp3) is 0.538. The number of amides is 3. The van der Waals surface area contributed by atoms with E-state index in [2.05, 4.69) is 15.3 Å². The van der Waals surface area contributed by atoms with E-state index in [-0.39, 0.29) is 17.2 Å². The lowest BCUT2D eigenvalue weighted by Gasteiger charge is -2.17. The van der Waals surface area contributed by atoms with Crippen LogP contribution in [0.2, 0.25) is 0 Å². The van der Waals surface area contributed by atoms with E-state index in [1.807, 2.05) is 20.8 Å². The third-order valence-corrected chi connectivity index (χ3v) is 4.31. The van der Waals surface area contributed by atoms with Gasteiger partial charge < -0.3 is 5.32 Å². The highest BCUT2D eigenvalue weighted by Gasteiger charge is 2.30. The van der Waals surface area contributed by atoms with Crippen molar-refractivity contribution in [1.82, 2.24) is 20.2 Å². The molecule has 2 heterocycles. The Hall–Kier alpha value is -1.63. The molecule has 2 rings (SSSR count). The standard InChI is InChI=1S/C13H18N4O2S/c1-7-8(2)15-12(16-9(7)3)20-10(4)11(18)17-6-5-14-13(17)19/h10H,5-6H2,1-4H3,(H,14,19)/t10-/m0/s1. The van der Waals surface area contributed by atoms with E-state index in [1.165, 1.54) is 16.7 Å². The smallest absolute Gasteiger partial charge is 0.324 e. The number of aromatic nitrogens is 2. The molecule has 0 radical (unpaired) electrons. The van der Waals surface area contributed by atoms with Crippen molar-refractivity contribution in [1.29, 1.82) is 0 Å². The van der Waals surface area contributed by atoms with E-state index < -0.39 is 0 Å². The summed E-state index contributed by atoms with van der Waals surface area (Å²) in [6.07, 6.45) is 0. The van der Waals surface area contributed by atoms with Gasteiger partial charge in [-0.3, -0.25) is 9.69 Å². The minimum atomic E-state index is -0.389. The third kappa shape index (κ3) is 2.92. The van der Waals surface area contributed by atoms with Crippen molar-refractivity contribution < 1.29 is 9.59 Å². The number of hydrogen-bond acceptors (Lipinski definition) is 5. The second-order valence-electron chi connectivity index (χ2n) is 4.78. The van der Waals surface area contributed by atoms with Crippen LogP contribution in [0.3, 0.4) is 0 Å². The summed E-state index contributed by atoms with van der Waals surface area (Å²) in [5.74, 6) is -0.204. The molecule has 3 amide bonds. The van der Waals surface area contributed by atoms with Crippen LogP contribution in [0.1, 0.15) is 23.9 Å². The number of carbonyl (C=O) groups excluding carboxylic acids is 2. The molecule has 1 aromatic heterocycles. The lowest BCUT2D eigenvalue weighted by Crippen LogP contribution is -2.39. The highest BCUT2D eigenvalue weighted by atomic mass is 32.2. The summed E-state index contributed by atoms with van der Waals surface area (Å²) in [6.45, 7) is 8.54. The van der Waals surface area contributed by atoms with Crippen molar-refractivity contribution in [3.63, 3.8) is 0 Å². The van der Waals surface area contributed by atoms with Crippen LogP contribution < -0.4 is 5.32 Å². The summed E-state index contributed by atoms with van der Waals surface area (Å²) in [7, 11) is 0. The van der Waals surface area contributed by atoms with E-state index in [0.29, 0.717) is 18.2 Å². The Kier molecular flexibility index (Phi) is 4.27. The van der Waals surface area contributed by atoms with E-state index in [1.54, 1.807) is 6.92 Å². The third-order valence-electron chi connectivity index (χ3n) is 3.36. The maximum atomic E-state index is 12.2. The van der Waals surface area contributed by atoms with Gasteiger partial charge in [-0.2, -0.15) is 0 Å². The van der Waals surface area contributed by atoms with Crippen LogP contribution in [0.5, 0.6) is 0 Å². The van der Waals surface area contributed by atoms with E-state index in [9.17, 15) is 9.59 Å². The first-order valence-electron chi connectivity index (χ1n) is 6.48. The molecule has 1 fully saturated rings. The fourth-order valence-electron chi connectivity index (χ4n) is 1.90. The molecule has 1 N–H and O–H groups in total. The van der Waals surface area contributed by atoms with Crippen molar-refractivity contribution in [2.24, 2.45) is 0 Å². The zero-order valence-electron chi connectivity index (χ0n) is 12.1. The molecule has 20 heavy (non-hydrogen) atoms. The van der Waals surface area contributed by atoms with Crippen LogP contribution >= 0.6 is 11.8 Å². The van der Waals surface area contributed by atoms with Crippen LogP contribution in [-0.2, 0) is 4.79 Å². The Balaban J connectivity index is 2.09. The number of nitrogens with one attached hydrogen (secondary N) is 1. The minimum Gasteiger partial charge on any atom is -0.336 e. The summed E-state index contributed by atoms with van der Waals surface area (Å²) >= 11 is 1.28. The molecule has 1 aliphatic heterocycles. The SMILES string of the molecule is Cc1nc(S[C@@H](C)C(=O)N2CCNC2=O)nc(C)c1C. The quantitative estimate of drug-likeness (QED) is 0.674. The Morgan fingerprint density at radius 2 is 1.90 bits per heavy atom. The average Bonchev–Trinajstić information content (AvgIpc) is 2.81. The molecule has 1 atom stereocenters. The number of nitrogens with zero attached hydrogens (tertiary/aromatic N) is 3. The number of carbonyl (C=O) groups is 2.